The van der Waals surface area contributed by atoms with Crippen LogP contribution in [-0.4, -0.2) is 94.1 Å². The van der Waals surface area contributed by atoms with Gasteiger partial charge in [-0.15, -0.1) is 0 Å². The van der Waals surface area contributed by atoms with Crippen LogP contribution in [0.5, 0.6) is 0 Å². The molecule has 3 heterocycles. The number of fused-ring (bicyclic) bond motifs is 3. The molecule has 2 saturated heterocycles. The number of furan rings is 1. The van der Waals surface area contributed by atoms with Crippen LogP contribution in [-0.2, 0) is 28.5 Å². The average Bonchev–Trinajstić information content (AvgIpc) is 3.45. The summed E-state index contributed by atoms with van der Waals surface area (Å²) in [6, 6.07) is 1.73. The number of methoxy groups -OCH3 is 1. The van der Waals surface area contributed by atoms with Crippen molar-refractivity contribution >= 4 is 11.9 Å². The van der Waals surface area contributed by atoms with Crippen molar-refractivity contribution in [2.75, 3.05) is 13.7 Å². The molecule has 0 amide bonds. The largest absolute Gasteiger partial charge is 0.472 e. The molecular weight excluding hydrogens is 516 g/mol. The zero-order valence-electron chi connectivity index (χ0n) is 22.0. The van der Waals surface area contributed by atoms with Crippen molar-refractivity contribution in [2.45, 2.75) is 82.1 Å². The molecule has 2 aliphatic heterocycles. The van der Waals surface area contributed by atoms with Crippen LogP contribution in [0, 0.1) is 22.7 Å². The minimum absolute atomic E-state index is 0.0693. The van der Waals surface area contributed by atoms with Crippen LogP contribution in [0.3, 0.4) is 0 Å². The molecule has 12 nitrogen and oxygen atoms in total. The third-order valence-corrected chi connectivity index (χ3v) is 9.49. The minimum Gasteiger partial charge on any atom is -0.472 e. The third-order valence-electron chi connectivity index (χ3n) is 9.49. The molecule has 0 unspecified atom stereocenters. The van der Waals surface area contributed by atoms with Crippen LogP contribution < -0.4 is 0 Å². The summed E-state index contributed by atoms with van der Waals surface area (Å²) in [7, 11) is 1.23. The Hall–Kier alpha value is -2.32. The maximum absolute atomic E-state index is 13.5. The first-order chi connectivity index (χ1) is 18.4. The number of cyclic esters (lactones) is 1. The van der Waals surface area contributed by atoms with Gasteiger partial charge in [0, 0.05) is 16.6 Å². The highest BCUT2D eigenvalue weighted by molar-refractivity contribution is 5.91. The molecule has 0 radical (unpaired) electrons. The topological polar surface area (TPSA) is 185 Å². The van der Waals surface area contributed by atoms with Crippen LogP contribution in [0.2, 0.25) is 0 Å². The molecule has 39 heavy (non-hydrogen) atoms. The highest BCUT2D eigenvalue weighted by Crippen LogP contribution is 2.65. The van der Waals surface area contributed by atoms with Gasteiger partial charge in [-0.2, -0.15) is 0 Å². The normalized spacial score (nSPS) is 45.9. The van der Waals surface area contributed by atoms with Crippen molar-refractivity contribution in [1.29, 1.82) is 0 Å². The van der Waals surface area contributed by atoms with Gasteiger partial charge in [0.2, 0.25) is 0 Å². The lowest BCUT2D eigenvalue weighted by Crippen LogP contribution is -2.65. The van der Waals surface area contributed by atoms with Crippen LogP contribution in [0.15, 0.2) is 34.7 Å². The Bertz CT molecular complexity index is 1100. The second kappa shape index (κ2) is 10.3. The zero-order valence-corrected chi connectivity index (χ0v) is 22.0. The summed E-state index contributed by atoms with van der Waals surface area (Å²) in [6.45, 7) is 3.11. The van der Waals surface area contributed by atoms with Gasteiger partial charge in [0.05, 0.1) is 44.4 Å². The number of aliphatic hydroxyl groups is 5. The molecule has 1 aromatic heterocycles. The lowest BCUT2D eigenvalue weighted by molar-refractivity contribution is -0.329. The summed E-state index contributed by atoms with van der Waals surface area (Å²) in [6.07, 6.45) is -5.02. The summed E-state index contributed by atoms with van der Waals surface area (Å²) in [4.78, 5) is 26.6. The molecule has 5 rings (SSSR count). The molecule has 1 saturated carbocycles. The van der Waals surface area contributed by atoms with Crippen LogP contribution >= 0.6 is 0 Å². The SMILES string of the molecule is COC(=O)C1=C[C@@H](O)C[C@@H]2[C@@]3(C)C[C@H](c4ccoc4)OC(=O)[C@@H]3C[C@@H](O[C@H]3O[C@@H](CO)[C@H](O)[C@@H](O)[C@@H]3O)[C@]12C. The number of ether oxygens (including phenoxy) is 4. The fourth-order valence-corrected chi connectivity index (χ4v) is 7.33. The first-order valence-corrected chi connectivity index (χ1v) is 13.1. The molecule has 0 bridgehead atoms. The van der Waals surface area contributed by atoms with Crippen molar-refractivity contribution < 1.29 is 58.5 Å². The fraction of sp³-hybridized carbons (Fsp3) is 0.704. The molecule has 216 valence electrons. The molecule has 2 aliphatic carbocycles. The zero-order chi connectivity index (χ0) is 28.3. The van der Waals surface area contributed by atoms with Gasteiger partial charge in [-0.1, -0.05) is 13.8 Å². The van der Waals surface area contributed by atoms with Crippen molar-refractivity contribution in [2.24, 2.45) is 22.7 Å². The molecule has 12 atom stereocenters. The summed E-state index contributed by atoms with van der Waals surface area (Å²) < 4.78 is 28.0. The van der Waals surface area contributed by atoms with Crippen LogP contribution in [0.1, 0.15) is 44.8 Å². The second-order valence-electron chi connectivity index (χ2n) is 11.5. The van der Waals surface area contributed by atoms with Gasteiger partial charge in [-0.25, -0.2) is 4.79 Å². The van der Waals surface area contributed by atoms with Gasteiger partial charge < -0.3 is 48.9 Å². The van der Waals surface area contributed by atoms with E-state index in [1.54, 1.807) is 13.0 Å². The Balaban J connectivity index is 1.56. The number of carbonyl (C=O) groups is 2. The van der Waals surface area contributed by atoms with Crippen LogP contribution in [0.25, 0.3) is 0 Å². The predicted molar refractivity (Wildman–Crippen MR) is 129 cm³/mol. The van der Waals surface area contributed by atoms with E-state index in [-0.39, 0.29) is 18.4 Å². The molecular formula is C27H36O12. The van der Waals surface area contributed by atoms with E-state index in [1.807, 2.05) is 6.92 Å². The second-order valence-corrected chi connectivity index (χ2v) is 11.5. The molecule has 12 heteroatoms. The molecule has 1 aromatic rings. The number of hydrogen-bond donors (Lipinski definition) is 5. The Morgan fingerprint density at radius 1 is 1.13 bits per heavy atom. The lowest BCUT2D eigenvalue weighted by atomic mass is 9.44. The number of hydrogen-bond acceptors (Lipinski definition) is 12. The Morgan fingerprint density at radius 3 is 2.51 bits per heavy atom. The molecule has 0 aromatic carbocycles. The number of aliphatic hydroxyl groups excluding tert-OH is 5. The van der Waals surface area contributed by atoms with E-state index < -0.39 is 90.2 Å². The number of carbonyl (C=O) groups excluding carboxylic acids is 2. The summed E-state index contributed by atoms with van der Waals surface area (Å²) in [5.41, 5.74) is -1.02. The van der Waals surface area contributed by atoms with E-state index in [0.717, 1.165) is 0 Å². The highest BCUT2D eigenvalue weighted by atomic mass is 16.7. The minimum atomic E-state index is -1.68. The average molecular weight is 553 g/mol. The molecule has 0 spiro atoms. The lowest BCUT2D eigenvalue weighted by Gasteiger charge is -2.62. The van der Waals surface area contributed by atoms with E-state index in [2.05, 4.69) is 0 Å². The molecule has 3 fully saturated rings. The Labute approximate surface area is 225 Å². The van der Waals surface area contributed by atoms with Gasteiger partial charge >= 0.3 is 11.9 Å². The molecule has 5 N–H and O–H groups in total. The monoisotopic (exact) mass is 552 g/mol. The third kappa shape index (κ3) is 4.42. The van der Waals surface area contributed by atoms with Crippen molar-refractivity contribution in [3.8, 4) is 0 Å². The van der Waals surface area contributed by atoms with Gasteiger partial charge in [-0.3, -0.25) is 4.79 Å². The maximum atomic E-state index is 13.5. The van der Waals surface area contributed by atoms with Crippen LogP contribution in [0.4, 0.5) is 0 Å². The quantitative estimate of drug-likeness (QED) is 0.308. The summed E-state index contributed by atoms with van der Waals surface area (Å²) >= 11 is 0. The summed E-state index contributed by atoms with van der Waals surface area (Å²) in [5, 5.41) is 51.7. The van der Waals surface area contributed by atoms with Gasteiger partial charge in [0.15, 0.2) is 6.29 Å². The van der Waals surface area contributed by atoms with Gasteiger partial charge in [-0.05, 0) is 42.7 Å². The maximum Gasteiger partial charge on any atom is 0.334 e. The Kier molecular flexibility index (Phi) is 7.42. The van der Waals surface area contributed by atoms with E-state index in [1.165, 1.54) is 25.7 Å². The van der Waals surface area contributed by atoms with E-state index in [9.17, 15) is 35.1 Å². The smallest absolute Gasteiger partial charge is 0.334 e. The van der Waals surface area contributed by atoms with Gasteiger partial charge in [0.25, 0.3) is 0 Å². The highest BCUT2D eigenvalue weighted by Gasteiger charge is 2.66. The van der Waals surface area contributed by atoms with E-state index in [4.69, 9.17) is 23.4 Å². The van der Waals surface area contributed by atoms with E-state index >= 15 is 0 Å². The van der Waals surface area contributed by atoms with Crippen molar-refractivity contribution in [3.63, 3.8) is 0 Å². The fourth-order valence-electron chi connectivity index (χ4n) is 7.33. The number of esters is 2. The van der Waals surface area contributed by atoms with E-state index in [0.29, 0.717) is 12.0 Å². The Morgan fingerprint density at radius 2 is 1.87 bits per heavy atom. The predicted octanol–water partition coefficient (Wildman–Crippen LogP) is -0.0346. The first-order valence-electron chi connectivity index (χ1n) is 13.1. The summed E-state index contributed by atoms with van der Waals surface area (Å²) in [5.74, 6) is -2.33. The van der Waals surface area contributed by atoms with Crippen molar-refractivity contribution in [1.82, 2.24) is 0 Å². The molecule has 4 aliphatic rings. The first kappa shape index (κ1) is 28.2. The van der Waals surface area contributed by atoms with Gasteiger partial charge in [0.1, 0.15) is 30.5 Å². The number of rotatable bonds is 5. The van der Waals surface area contributed by atoms with Crippen molar-refractivity contribution in [3.05, 3.63) is 35.8 Å². The standard InChI is InChI=1S/C27H36O12/c1-26-9-16(12-4-5-36-11-12)37-24(34)14(26)8-19(39-25-22(32)21(31)20(30)17(10-28)38-25)27(2)15(23(33)35-3)6-13(29)7-18(26)27/h4-6,11,13-14,16-22,25,28-32H,7-10H2,1-3H3/t13-,14+,16-,17+,18-,19-,20+,21-,22+,25-,26+,27-/m1/s1.